The Balaban J connectivity index is 2.39. The second-order valence-electron chi connectivity index (χ2n) is 3.84. The monoisotopic (exact) mass is 320 g/mol. The van der Waals surface area contributed by atoms with Gasteiger partial charge in [0.25, 0.3) is 0 Å². The van der Waals surface area contributed by atoms with Crippen LogP contribution in [0.25, 0.3) is 0 Å². The Morgan fingerprint density at radius 3 is 2.75 bits per heavy atom. The lowest BCUT2D eigenvalue weighted by molar-refractivity contribution is -0.125. The molecule has 0 heterocycles. The number of halogens is 1. The Hall–Kier alpha value is -1.15. The highest BCUT2D eigenvalue weighted by Crippen LogP contribution is 2.14. The van der Waals surface area contributed by atoms with E-state index in [0.717, 1.165) is 0 Å². The zero-order chi connectivity index (χ0) is 15.0. The summed E-state index contributed by atoms with van der Waals surface area (Å²) >= 11 is 5.74. The second kappa shape index (κ2) is 8.21. The van der Waals surface area contributed by atoms with Crippen molar-refractivity contribution in [3.8, 4) is 0 Å². The molecule has 1 aromatic rings. The zero-order valence-electron chi connectivity index (χ0n) is 11.1. The molecule has 0 radical (unpaired) electrons. The summed E-state index contributed by atoms with van der Waals surface area (Å²) in [5.74, 6) is -0.284. The van der Waals surface area contributed by atoms with Crippen molar-refractivity contribution in [3.05, 3.63) is 29.3 Å². The molecule has 0 fully saturated rings. The van der Waals surface area contributed by atoms with Gasteiger partial charge in [0.15, 0.2) is 0 Å². The van der Waals surface area contributed by atoms with Crippen molar-refractivity contribution in [1.82, 2.24) is 10.0 Å². The number of amides is 1. The van der Waals surface area contributed by atoms with Crippen LogP contribution in [0.2, 0.25) is 5.02 Å². The van der Waals surface area contributed by atoms with E-state index in [1.807, 2.05) is 0 Å². The number of rotatable bonds is 8. The van der Waals surface area contributed by atoms with Gasteiger partial charge in [-0.05, 0) is 25.1 Å². The Bertz CT molecular complexity index is 548. The first-order chi connectivity index (χ1) is 9.45. The molecule has 0 aliphatic heterocycles. The Morgan fingerprint density at radius 1 is 1.35 bits per heavy atom. The molecule has 6 nitrogen and oxygen atoms in total. The minimum atomic E-state index is -3.61. The van der Waals surface area contributed by atoms with E-state index in [1.165, 1.54) is 12.1 Å². The number of sulfonamides is 1. The molecule has 0 unspecified atom stereocenters. The van der Waals surface area contributed by atoms with Crippen LogP contribution in [0.5, 0.6) is 0 Å². The number of hydrogen-bond donors (Lipinski definition) is 2. The van der Waals surface area contributed by atoms with Crippen molar-refractivity contribution in [2.45, 2.75) is 11.8 Å². The van der Waals surface area contributed by atoms with Crippen molar-refractivity contribution >= 4 is 27.5 Å². The first-order valence-electron chi connectivity index (χ1n) is 6.05. The summed E-state index contributed by atoms with van der Waals surface area (Å²) in [7, 11) is -3.61. The third-order valence-electron chi connectivity index (χ3n) is 2.28. The predicted molar refractivity (Wildman–Crippen MR) is 76.1 cm³/mol. The highest BCUT2D eigenvalue weighted by Gasteiger charge is 2.13. The van der Waals surface area contributed by atoms with Crippen LogP contribution in [0, 0.1) is 0 Å². The summed E-state index contributed by atoms with van der Waals surface area (Å²) in [6.45, 7) is 2.48. The van der Waals surface area contributed by atoms with Crippen LogP contribution >= 0.6 is 11.6 Å². The molecule has 0 bridgehead atoms. The topological polar surface area (TPSA) is 84.5 Å². The van der Waals surface area contributed by atoms with Crippen LogP contribution in [-0.4, -0.2) is 40.6 Å². The van der Waals surface area contributed by atoms with Crippen LogP contribution in [0.15, 0.2) is 29.2 Å². The van der Waals surface area contributed by atoms with Crippen LogP contribution in [0.3, 0.4) is 0 Å². The van der Waals surface area contributed by atoms with Gasteiger partial charge in [0.05, 0.1) is 4.90 Å². The van der Waals surface area contributed by atoms with Gasteiger partial charge in [-0.2, -0.15) is 0 Å². The molecule has 112 valence electrons. The number of ether oxygens (including phenoxy) is 1. The molecule has 0 saturated heterocycles. The van der Waals surface area contributed by atoms with E-state index in [1.54, 1.807) is 19.1 Å². The van der Waals surface area contributed by atoms with Gasteiger partial charge in [0, 0.05) is 24.7 Å². The van der Waals surface area contributed by atoms with Gasteiger partial charge in [-0.1, -0.05) is 17.7 Å². The van der Waals surface area contributed by atoms with Crippen LogP contribution < -0.4 is 10.0 Å². The standard InChI is InChI=1S/C12H17ClN2O4S/c1-2-19-9-12(16)14-6-7-15-20(17,18)11-5-3-4-10(13)8-11/h3-5,8,15H,2,6-7,9H2,1H3,(H,14,16). The number of benzene rings is 1. The average Bonchev–Trinajstić information content (AvgIpc) is 2.41. The van der Waals surface area contributed by atoms with Gasteiger partial charge in [-0.25, -0.2) is 13.1 Å². The quantitative estimate of drug-likeness (QED) is 0.693. The molecule has 1 aromatic carbocycles. The van der Waals surface area contributed by atoms with E-state index in [2.05, 4.69) is 10.0 Å². The SMILES string of the molecule is CCOCC(=O)NCCNS(=O)(=O)c1cccc(Cl)c1. The Labute approximate surface area is 123 Å². The van der Waals surface area contributed by atoms with Crippen molar-refractivity contribution in [2.24, 2.45) is 0 Å². The molecule has 1 rings (SSSR count). The molecule has 0 atom stereocenters. The van der Waals surface area contributed by atoms with Crippen molar-refractivity contribution < 1.29 is 17.9 Å². The van der Waals surface area contributed by atoms with Gasteiger partial charge in [0.1, 0.15) is 6.61 Å². The van der Waals surface area contributed by atoms with Crippen molar-refractivity contribution in [2.75, 3.05) is 26.3 Å². The summed E-state index contributed by atoms with van der Waals surface area (Å²) in [6, 6.07) is 5.95. The summed E-state index contributed by atoms with van der Waals surface area (Å²) in [5, 5.41) is 2.88. The number of nitrogens with one attached hydrogen (secondary N) is 2. The lowest BCUT2D eigenvalue weighted by Crippen LogP contribution is -2.36. The maximum Gasteiger partial charge on any atom is 0.246 e. The van der Waals surface area contributed by atoms with Crippen molar-refractivity contribution in [1.29, 1.82) is 0 Å². The zero-order valence-corrected chi connectivity index (χ0v) is 12.6. The molecule has 0 spiro atoms. The van der Waals surface area contributed by atoms with Gasteiger partial charge in [-0.15, -0.1) is 0 Å². The normalized spacial score (nSPS) is 11.3. The molecule has 1 amide bonds. The highest BCUT2D eigenvalue weighted by atomic mass is 35.5. The fourth-order valence-corrected chi connectivity index (χ4v) is 2.68. The number of hydrogen-bond acceptors (Lipinski definition) is 4. The summed E-state index contributed by atoms with van der Waals surface area (Å²) in [4.78, 5) is 11.3. The lowest BCUT2D eigenvalue weighted by Gasteiger charge is -2.08. The van der Waals surface area contributed by atoms with Gasteiger partial charge >= 0.3 is 0 Å². The van der Waals surface area contributed by atoms with E-state index < -0.39 is 10.0 Å². The molecular weight excluding hydrogens is 304 g/mol. The summed E-state index contributed by atoms with van der Waals surface area (Å²) in [6.07, 6.45) is 0. The van der Waals surface area contributed by atoms with Gasteiger partial charge in [-0.3, -0.25) is 4.79 Å². The minimum absolute atomic E-state index is 0.0302. The summed E-state index contributed by atoms with van der Waals surface area (Å²) in [5.41, 5.74) is 0. The van der Waals surface area contributed by atoms with Gasteiger partial charge in [0.2, 0.25) is 15.9 Å². The molecule has 0 aliphatic carbocycles. The molecule has 8 heteroatoms. The number of carbonyl (C=O) groups is 1. The maximum absolute atomic E-state index is 11.9. The largest absolute Gasteiger partial charge is 0.372 e. The highest BCUT2D eigenvalue weighted by molar-refractivity contribution is 7.89. The molecule has 0 saturated carbocycles. The first kappa shape index (κ1) is 16.9. The van der Waals surface area contributed by atoms with E-state index in [0.29, 0.717) is 11.6 Å². The lowest BCUT2D eigenvalue weighted by atomic mass is 10.4. The predicted octanol–water partition coefficient (Wildman–Crippen LogP) is 0.771. The fourth-order valence-electron chi connectivity index (χ4n) is 1.35. The van der Waals surface area contributed by atoms with Gasteiger partial charge < -0.3 is 10.1 Å². The van der Waals surface area contributed by atoms with Crippen LogP contribution in [-0.2, 0) is 19.6 Å². The third-order valence-corrected chi connectivity index (χ3v) is 3.98. The first-order valence-corrected chi connectivity index (χ1v) is 7.91. The van der Waals surface area contributed by atoms with Crippen LogP contribution in [0.1, 0.15) is 6.92 Å². The van der Waals surface area contributed by atoms with E-state index >= 15 is 0 Å². The maximum atomic E-state index is 11.9. The molecule has 0 aliphatic rings. The fraction of sp³-hybridized carbons (Fsp3) is 0.417. The van der Waals surface area contributed by atoms with E-state index in [9.17, 15) is 13.2 Å². The third kappa shape index (κ3) is 5.87. The minimum Gasteiger partial charge on any atom is -0.372 e. The van der Waals surface area contributed by atoms with Crippen molar-refractivity contribution in [3.63, 3.8) is 0 Å². The molecule has 20 heavy (non-hydrogen) atoms. The Morgan fingerprint density at radius 2 is 2.10 bits per heavy atom. The second-order valence-corrected chi connectivity index (χ2v) is 6.05. The smallest absolute Gasteiger partial charge is 0.246 e. The van der Waals surface area contributed by atoms with E-state index in [4.69, 9.17) is 16.3 Å². The van der Waals surface area contributed by atoms with Crippen LogP contribution in [0.4, 0.5) is 0 Å². The Kier molecular flexibility index (Phi) is 6.94. The average molecular weight is 321 g/mol. The van der Waals surface area contributed by atoms with E-state index in [-0.39, 0.29) is 30.5 Å². The summed E-state index contributed by atoms with van der Waals surface area (Å²) < 4.78 is 31.1. The molecular formula is C12H17ClN2O4S. The molecule has 2 N–H and O–H groups in total. The number of carbonyl (C=O) groups excluding carboxylic acids is 1. The molecule has 0 aromatic heterocycles.